The number of nitrogens with zero attached hydrogens (tertiary/aromatic N) is 1. The molecule has 2 heterocycles. The second kappa shape index (κ2) is 7.32. The Kier molecular flexibility index (Phi) is 5.00. The molecule has 0 radical (unpaired) electrons. The monoisotopic (exact) mass is 382 g/mol. The average molecular weight is 382 g/mol. The SMILES string of the molecule is C[N+]1(C)C2COCC1CC(OC(=O)C(O)(c1ccccc1)c1ccccc1)C2. The molecule has 5 nitrogen and oxygen atoms in total. The van der Waals surface area contributed by atoms with Crippen molar-refractivity contribution in [3.63, 3.8) is 0 Å². The number of benzene rings is 2. The number of hydrogen-bond acceptors (Lipinski definition) is 4. The first kappa shape index (κ1) is 19.1. The van der Waals surface area contributed by atoms with E-state index in [1.807, 2.05) is 36.4 Å². The second-order valence-corrected chi connectivity index (χ2v) is 8.42. The summed E-state index contributed by atoms with van der Waals surface area (Å²) in [7, 11) is 4.44. The zero-order valence-electron chi connectivity index (χ0n) is 16.5. The lowest BCUT2D eigenvalue weighted by atomic mass is 9.85. The van der Waals surface area contributed by atoms with Crippen LogP contribution in [0.15, 0.2) is 60.7 Å². The van der Waals surface area contributed by atoms with Gasteiger partial charge in [0.1, 0.15) is 18.2 Å². The number of aliphatic hydroxyl groups is 1. The smallest absolute Gasteiger partial charge is 0.347 e. The van der Waals surface area contributed by atoms with Gasteiger partial charge in [-0.15, -0.1) is 0 Å². The normalized spacial score (nSPS) is 26.5. The van der Waals surface area contributed by atoms with Crippen LogP contribution in [0.5, 0.6) is 0 Å². The highest BCUT2D eigenvalue weighted by Gasteiger charge is 2.50. The van der Waals surface area contributed by atoms with Gasteiger partial charge < -0.3 is 19.1 Å². The topological polar surface area (TPSA) is 55.8 Å². The number of fused-ring (bicyclic) bond motifs is 2. The number of quaternary nitrogens is 1. The molecule has 2 saturated heterocycles. The summed E-state index contributed by atoms with van der Waals surface area (Å²) >= 11 is 0. The van der Waals surface area contributed by atoms with E-state index in [-0.39, 0.29) is 6.10 Å². The molecule has 0 spiro atoms. The summed E-state index contributed by atoms with van der Waals surface area (Å²) in [5.74, 6) is -0.610. The number of ether oxygens (including phenoxy) is 2. The average Bonchev–Trinajstić information content (AvgIpc) is 2.69. The van der Waals surface area contributed by atoms with Crippen molar-refractivity contribution in [3.8, 4) is 0 Å². The maximum absolute atomic E-state index is 13.3. The van der Waals surface area contributed by atoms with Crippen molar-refractivity contribution in [1.29, 1.82) is 0 Å². The van der Waals surface area contributed by atoms with Crippen molar-refractivity contribution in [3.05, 3.63) is 71.8 Å². The Morgan fingerprint density at radius 3 is 1.89 bits per heavy atom. The third-order valence-electron chi connectivity index (χ3n) is 6.52. The van der Waals surface area contributed by atoms with E-state index < -0.39 is 11.6 Å². The third kappa shape index (κ3) is 3.24. The summed E-state index contributed by atoms with van der Waals surface area (Å²) in [6.45, 7) is 1.36. The number of piperidine rings is 1. The molecule has 2 bridgehead atoms. The molecule has 0 aliphatic carbocycles. The van der Waals surface area contributed by atoms with Gasteiger partial charge in [0.2, 0.25) is 5.60 Å². The fourth-order valence-corrected chi connectivity index (χ4v) is 4.50. The molecule has 4 rings (SSSR count). The van der Waals surface area contributed by atoms with Gasteiger partial charge in [-0.1, -0.05) is 60.7 Å². The molecule has 2 fully saturated rings. The molecule has 5 heteroatoms. The number of rotatable bonds is 4. The first-order chi connectivity index (χ1) is 13.4. The minimum Gasteiger partial charge on any atom is -0.459 e. The highest BCUT2D eigenvalue weighted by Crippen LogP contribution is 2.36. The lowest BCUT2D eigenvalue weighted by molar-refractivity contribution is -0.953. The summed E-state index contributed by atoms with van der Waals surface area (Å²) in [4.78, 5) is 13.3. The maximum Gasteiger partial charge on any atom is 0.347 e. The molecule has 2 unspecified atom stereocenters. The molecule has 0 saturated carbocycles. The predicted octanol–water partition coefficient (Wildman–Crippen LogP) is 2.47. The van der Waals surface area contributed by atoms with Crippen LogP contribution < -0.4 is 0 Å². The zero-order valence-corrected chi connectivity index (χ0v) is 16.5. The van der Waals surface area contributed by atoms with Crippen molar-refractivity contribution in [2.75, 3.05) is 27.3 Å². The lowest BCUT2D eigenvalue weighted by Crippen LogP contribution is -2.67. The Bertz CT molecular complexity index is 766. The van der Waals surface area contributed by atoms with E-state index in [9.17, 15) is 9.90 Å². The van der Waals surface area contributed by atoms with Crippen LogP contribution in [-0.2, 0) is 19.9 Å². The molecule has 2 atom stereocenters. The standard InChI is InChI=1S/C23H28NO4/c1-24(2)19-13-21(14-20(24)16-27-15-19)28-22(25)23(26,17-9-5-3-6-10-17)18-11-7-4-8-12-18/h3-12,19-21,26H,13-16H2,1-2H3/q+1. The van der Waals surface area contributed by atoms with Crippen molar-refractivity contribution < 1.29 is 23.9 Å². The van der Waals surface area contributed by atoms with Crippen molar-refractivity contribution in [1.82, 2.24) is 0 Å². The van der Waals surface area contributed by atoms with Gasteiger partial charge in [0.05, 0.1) is 27.3 Å². The largest absolute Gasteiger partial charge is 0.459 e. The number of hydrogen-bond donors (Lipinski definition) is 1. The molecule has 0 amide bonds. The van der Waals surface area contributed by atoms with Gasteiger partial charge in [0.15, 0.2) is 0 Å². The first-order valence-electron chi connectivity index (χ1n) is 9.88. The Morgan fingerprint density at radius 2 is 1.43 bits per heavy atom. The van der Waals surface area contributed by atoms with Gasteiger partial charge in [-0.3, -0.25) is 0 Å². The van der Waals surface area contributed by atoms with Crippen LogP contribution in [0.2, 0.25) is 0 Å². The molecular weight excluding hydrogens is 354 g/mol. The van der Waals surface area contributed by atoms with Crippen molar-refractivity contribution in [2.45, 2.75) is 36.6 Å². The van der Waals surface area contributed by atoms with Crippen LogP contribution in [-0.4, -0.2) is 61.1 Å². The molecule has 28 heavy (non-hydrogen) atoms. The third-order valence-corrected chi connectivity index (χ3v) is 6.52. The molecule has 1 N–H and O–H groups in total. The fourth-order valence-electron chi connectivity index (χ4n) is 4.50. The Labute approximate surface area is 166 Å². The molecule has 0 aromatic heterocycles. The molecule has 2 aliphatic heterocycles. The predicted molar refractivity (Wildman–Crippen MR) is 106 cm³/mol. The molecule has 2 aliphatic rings. The van der Waals surface area contributed by atoms with E-state index in [1.54, 1.807) is 24.3 Å². The van der Waals surface area contributed by atoms with Crippen LogP contribution in [0, 0.1) is 0 Å². The Morgan fingerprint density at radius 1 is 0.964 bits per heavy atom. The quantitative estimate of drug-likeness (QED) is 0.652. The van der Waals surface area contributed by atoms with Gasteiger partial charge in [-0.05, 0) is 11.1 Å². The van der Waals surface area contributed by atoms with Crippen molar-refractivity contribution in [2.24, 2.45) is 0 Å². The Hall–Kier alpha value is -2.21. The second-order valence-electron chi connectivity index (χ2n) is 8.42. The van der Waals surface area contributed by atoms with Crippen molar-refractivity contribution >= 4 is 5.97 Å². The molecule has 2 aromatic rings. The van der Waals surface area contributed by atoms with E-state index in [0.29, 0.717) is 36.4 Å². The van der Waals surface area contributed by atoms with Crippen LogP contribution in [0.4, 0.5) is 0 Å². The van der Waals surface area contributed by atoms with E-state index in [2.05, 4.69) is 14.1 Å². The van der Waals surface area contributed by atoms with E-state index in [4.69, 9.17) is 9.47 Å². The Balaban J connectivity index is 1.61. The van der Waals surface area contributed by atoms with E-state index in [1.165, 1.54) is 0 Å². The van der Waals surface area contributed by atoms with Crippen LogP contribution in [0.25, 0.3) is 0 Å². The summed E-state index contributed by atoms with van der Waals surface area (Å²) in [6.07, 6.45) is 1.28. The maximum atomic E-state index is 13.3. The van der Waals surface area contributed by atoms with Gasteiger partial charge in [-0.25, -0.2) is 4.79 Å². The number of carbonyl (C=O) groups is 1. The minimum atomic E-state index is -1.82. The summed E-state index contributed by atoms with van der Waals surface area (Å²) in [5.41, 5.74) is -0.793. The fraction of sp³-hybridized carbons (Fsp3) is 0.435. The highest BCUT2D eigenvalue weighted by atomic mass is 16.6. The number of morpholine rings is 1. The minimum absolute atomic E-state index is 0.212. The zero-order chi connectivity index (χ0) is 19.8. The summed E-state index contributed by atoms with van der Waals surface area (Å²) in [5, 5.41) is 11.6. The van der Waals surface area contributed by atoms with Gasteiger partial charge in [-0.2, -0.15) is 0 Å². The summed E-state index contributed by atoms with van der Waals surface area (Å²) < 4.78 is 12.6. The van der Waals surface area contributed by atoms with Gasteiger partial charge >= 0.3 is 5.97 Å². The number of esters is 1. The lowest BCUT2D eigenvalue weighted by Gasteiger charge is -2.52. The van der Waals surface area contributed by atoms with Crippen LogP contribution >= 0.6 is 0 Å². The highest BCUT2D eigenvalue weighted by molar-refractivity contribution is 5.85. The number of likely N-dealkylation sites (N-methyl/N-ethyl adjacent to an activating group) is 1. The van der Waals surface area contributed by atoms with Gasteiger partial charge in [0.25, 0.3) is 0 Å². The molecule has 2 aromatic carbocycles. The van der Waals surface area contributed by atoms with Crippen LogP contribution in [0.1, 0.15) is 24.0 Å². The first-order valence-corrected chi connectivity index (χ1v) is 9.88. The molecule has 148 valence electrons. The summed E-state index contributed by atoms with van der Waals surface area (Å²) in [6, 6.07) is 18.6. The van der Waals surface area contributed by atoms with E-state index >= 15 is 0 Å². The number of carbonyl (C=O) groups excluding carboxylic acids is 1. The van der Waals surface area contributed by atoms with E-state index in [0.717, 1.165) is 17.3 Å². The molecular formula is C23H28NO4+. The van der Waals surface area contributed by atoms with Crippen LogP contribution in [0.3, 0.4) is 0 Å². The van der Waals surface area contributed by atoms with Gasteiger partial charge in [0, 0.05) is 12.8 Å².